The molecule has 2 aromatic heterocycles. The number of Topliss-reactive ketones (excluding diaryl/α,β-unsaturated/α-hetero) is 1. The fraction of sp³-hybridized carbons (Fsp3) is 0.559. The number of carbonyl (C=O) groups excluding carboxylic acids is 2. The lowest BCUT2D eigenvalue weighted by molar-refractivity contribution is -0.147. The summed E-state index contributed by atoms with van der Waals surface area (Å²) in [6.45, 7) is 33.8. The van der Waals surface area contributed by atoms with Crippen molar-refractivity contribution in [1.82, 2.24) is 4.57 Å². The first-order valence-corrected chi connectivity index (χ1v) is 24.5. The fourth-order valence-electron chi connectivity index (χ4n) is 8.42. The molecule has 0 fully saturated rings. The van der Waals surface area contributed by atoms with E-state index in [2.05, 4.69) is 20.8 Å². The highest BCUT2D eigenvalue weighted by Gasteiger charge is 2.35. The van der Waals surface area contributed by atoms with Crippen LogP contribution in [0.1, 0.15) is 159 Å². The van der Waals surface area contributed by atoms with E-state index < -0.39 is 0 Å². The highest BCUT2D eigenvalue weighted by molar-refractivity contribution is 5.97. The van der Waals surface area contributed by atoms with Crippen LogP contribution in [0.3, 0.4) is 0 Å². The molecule has 1 aliphatic carbocycles. The number of hydrogen-bond donors (Lipinski definition) is 0. The summed E-state index contributed by atoms with van der Waals surface area (Å²) in [6.07, 6.45) is 3.12. The Hall–Kier alpha value is -5.85. The maximum absolute atomic E-state index is 13.3. The van der Waals surface area contributed by atoms with Gasteiger partial charge in [0.15, 0.2) is 17.3 Å². The van der Waals surface area contributed by atoms with E-state index in [0.29, 0.717) is 47.0 Å². The molecule has 13 heteroatoms. The average molecular weight is 1000 g/mol. The SMILES string of the molecule is COC1=C(C(C)(C)C)C(=O)CCC1.COC1=C(C(C)(C)C)C(=O)OC(C)C1.COc1c(C(C)(C)C)c(=O)n(C)c2ccccc12.COc1cc(C)oc(=O)c1C(C)(C)C.COc1ccc(C(C)(C)C)cc1F. The van der Waals surface area contributed by atoms with E-state index >= 15 is 0 Å². The van der Waals surface area contributed by atoms with Crippen LogP contribution in [0.25, 0.3) is 10.9 Å². The van der Waals surface area contributed by atoms with Crippen molar-refractivity contribution in [3.8, 4) is 17.2 Å². The number of pyridine rings is 1. The highest BCUT2D eigenvalue weighted by atomic mass is 19.1. The van der Waals surface area contributed by atoms with Crippen LogP contribution in [0.15, 0.2) is 85.2 Å². The van der Waals surface area contributed by atoms with Gasteiger partial charge in [-0.25, -0.2) is 14.0 Å². The number of fused-ring (bicyclic) bond motifs is 1. The summed E-state index contributed by atoms with van der Waals surface area (Å²) < 4.78 is 51.2. The van der Waals surface area contributed by atoms with Crippen LogP contribution in [-0.4, -0.2) is 58.0 Å². The van der Waals surface area contributed by atoms with Crippen molar-refractivity contribution < 1.29 is 46.8 Å². The molecule has 0 bridgehead atoms. The molecule has 1 atom stereocenters. The third-order valence-electron chi connectivity index (χ3n) is 11.9. The molecule has 0 saturated carbocycles. The molecule has 2 aliphatic rings. The predicted molar refractivity (Wildman–Crippen MR) is 287 cm³/mol. The van der Waals surface area contributed by atoms with Crippen molar-refractivity contribution in [3.05, 3.63) is 120 Å². The molecule has 2 aromatic carbocycles. The minimum Gasteiger partial charge on any atom is -0.501 e. The second kappa shape index (κ2) is 25.2. The van der Waals surface area contributed by atoms with Crippen molar-refractivity contribution in [3.63, 3.8) is 0 Å². The number of rotatable bonds is 5. The normalized spacial score (nSPS) is 15.3. The summed E-state index contributed by atoms with van der Waals surface area (Å²) in [6, 6.07) is 14.6. The summed E-state index contributed by atoms with van der Waals surface area (Å²) in [5, 5.41) is 0.979. The van der Waals surface area contributed by atoms with Crippen molar-refractivity contribution in [2.24, 2.45) is 17.9 Å². The molecule has 0 radical (unpaired) electrons. The van der Waals surface area contributed by atoms with Crippen LogP contribution >= 0.6 is 0 Å². The molecule has 0 spiro atoms. The van der Waals surface area contributed by atoms with Gasteiger partial charge in [-0.1, -0.05) is 122 Å². The third-order valence-corrected chi connectivity index (χ3v) is 11.9. The van der Waals surface area contributed by atoms with E-state index in [-0.39, 0.29) is 61.9 Å². The summed E-state index contributed by atoms with van der Waals surface area (Å²) >= 11 is 0. The Kier molecular flexibility index (Phi) is 21.8. The zero-order valence-electron chi connectivity index (χ0n) is 47.8. The van der Waals surface area contributed by atoms with Crippen molar-refractivity contribution >= 4 is 22.7 Å². The zero-order valence-corrected chi connectivity index (χ0v) is 47.8. The maximum Gasteiger partial charge on any atom is 0.343 e. The molecule has 12 nitrogen and oxygen atoms in total. The average Bonchev–Trinajstić information content (AvgIpc) is 3.25. The molecular weight excluding hydrogens is 918 g/mol. The molecule has 1 unspecified atom stereocenters. The van der Waals surface area contributed by atoms with Crippen LogP contribution in [0.5, 0.6) is 17.2 Å². The molecule has 0 amide bonds. The number of aryl methyl sites for hydroxylation is 2. The van der Waals surface area contributed by atoms with Gasteiger partial charge < -0.3 is 37.4 Å². The quantitative estimate of drug-likeness (QED) is 0.176. The number of carbonyl (C=O) groups is 2. The second-order valence-corrected chi connectivity index (χ2v) is 23.2. The number of nitrogens with zero attached hydrogens (tertiary/aromatic N) is 1. The zero-order chi connectivity index (χ0) is 55.5. The first kappa shape index (κ1) is 62.3. The Morgan fingerprint density at radius 1 is 0.611 bits per heavy atom. The van der Waals surface area contributed by atoms with E-state index in [0.717, 1.165) is 52.0 Å². The van der Waals surface area contributed by atoms with Crippen molar-refractivity contribution in [1.29, 1.82) is 0 Å². The highest BCUT2D eigenvalue weighted by Crippen LogP contribution is 2.37. The molecule has 72 heavy (non-hydrogen) atoms. The van der Waals surface area contributed by atoms with E-state index in [4.69, 9.17) is 32.8 Å². The predicted octanol–water partition coefficient (Wildman–Crippen LogP) is 13.2. The lowest BCUT2D eigenvalue weighted by Gasteiger charge is -2.30. The lowest BCUT2D eigenvalue weighted by atomic mass is 9.78. The number of allylic oxidation sites excluding steroid dienone is 2. The monoisotopic (exact) mass is 1000 g/mol. The molecule has 6 rings (SSSR count). The van der Waals surface area contributed by atoms with E-state index in [1.807, 2.05) is 120 Å². The Morgan fingerprint density at radius 2 is 1.15 bits per heavy atom. The van der Waals surface area contributed by atoms with Crippen LogP contribution in [-0.2, 0) is 47.1 Å². The number of para-hydroxylation sites is 1. The van der Waals surface area contributed by atoms with E-state index in [1.165, 1.54) is 13.2 Å². The van der Waals surface area contributed by atoms with Gasteiger partial charge >= 0.3 is 11.6 Å². The number of methoxy groups -OCH3 is 5. The minimum atomic E-state index is -0.311. The molecular formula is C59H86FNO11. The Morgan fingerprint density at radius 3 is 1.60 bits per heavy atom. The van der Waals surface area contributed by atoms with Gasteiger partial charge in [-0.3, -0.25) is 9.59 Å². The molecule has 0 saturated heterocycles. The topological polar surface area (TPSA) is 142 Å². The Bertz CT molecular complexity index is 2690. The third kappa shape index (κ3) is 16.6. The first-order chi connectivity index (χ1) is 33.0. The Labute approximate surface area is 429 Å². The Balaban J connectivity index is 0.000000310. The van der Waals surface area contributed by atoms with Gasteiger partial charge in [0.1, 0.15) is 34.9 Å². The maximum atomic E-state index is 13.3. The number of ketones is 1. The summed E-state index contributed by atoms with van der Waals surface area (Å²) in [5.74, 6) is 3.55. The largest absolute Gasteiger partial charge is 0.501 e. The van der Waals surface area contributed by atoms with Crippen molar-refractivity contribution in [2.75, 3.05) is 35.5 Å². The summed E-state index contributed by atoms with van der Waals surface area (Å²) in [4.78, 5) is 47.4. The number of esters is 1. The van der Waals surface area contributed by atoms with Gasteiger partial charge in [0.25, 0.3) is 5.56 Å². The van der Waals surface area contributed by atoms with Gasteiger partial charge in [0, 0.05) is 43.3 Å². The van der Waals surface area contributed by atoms with Crippen molar-refractivity contribution in [2.45, 2.75) is 166 Å². The number of benzene rings is 2. The number of aromatic nitrogens is 1. The number of halogens is 1. The second-order valence-electron chi connectivity index (χ2n) is 23.2. The van der Waals surface area contributed by atoms with Crippen LogP contribution in [0, 0.1) is 23.6 Å². The number of cyclic esters (lactones) is 1. The molecule has 1 aliphatic heterocycles. The minimum absolute atomic E-state index is 0.0121. The molecule has 0 N–H and O–H groups in total. The molecule has 3 heterocycles. The molecule has 4 aromatic rings. The van der Waals surface area contributed by atoms with Gasteiger partial charge in [-0.05, 0) is 77.2 Å². The van der Waals surface area contributed by atoms with Crippen LogP contribution < -0.4 is 25.4 Å². The van der Waals surface area contributed by atoms with Crippen LogP contribution in [0.2, 0.25) is 0 Å². The smallest absolute Gasteiger partial charge is 0.343 e. The number of ether oxygens (including phenoxy) is 6. The first-order valence-electron chi connectivity index (χ1n) is 24.5. The van der Waals surface area contributed by atoms with Gasteiger partial charge in [-0.15, -0.1) is 0 Å². The van der Waals surface area contributed by atoms with Gasteiger partial charge in [0.2, 0.25) is 0 Å². The lowest BCUT2D eigenvalue weighted by Crippen LogP contribution is -2.31. The fourth-order valence-corrected chi connectivity index (χ4v) is 8.42. The number of hydrogen-bond acceptors (Lipinski definition) is 11. The van der Waals surface area contributed by atoms with Gasteiger partial charge in [-0.2, -0.15) is 0 Å². The van der Waals surface area contributed by atoms with E-state index in [1.54, 1.807) is 59.1 Å². The standard InChI is InChI=1S/C15H19NO2.C11H15FO.C11H18O3.C11H16O3.C11H18O2/c1-15(2,3)12-13(18-5)10-8-6-7-9-11(10)16(4)14(12)17;1-11(2,3)8-5-6-10(13-4)9(12)7-8;2*1-7-6-8(13-5)9(10(12)14-7)11(2,3)4;1-11(2,3)10-8(12)6-5-7-9(10)13-4/h6-9H,1-5H3;5-7H,1-4H3;7H,6H2,1-5H3;6H,1-5H3;5-7H2,1-4H3. The summed E-state index contributed by atoms with van der Waals surface area (Å²) in [7, 11) is 9.71. The van der Waals surface area contributed by atoms with Crippen LogP contribution in [0.4, 0.5) is 4.39 Å². The molecule has 400 valence electrons. The summed E-state index contributed by atoms with van der Waals surface area (Å²) in [5.41, 5.74) is 3.62. The van der Waals surface area contributed by atoms with E-state index in [9.17, 15) is 23.6 Å². The van der Waals surface area contributed by atoms with Gasteiger partial charge in [0.05, 0.1) is 57.8 Å².